The van der Waals surface area contributed by atoms with Gasteiger partial charge in [-0.15, -0.1) is 0 Å². The number of ether oxygens (including phenoxy) is 2. The lowest BCUT2D eigenvalue weighted by atomic mass is 9.90. The molecule has 1 aliphatic carbocycles. The molecule has 1 aliphatic heterocycles. The number of fused-ring (bicyclic) bond motifs is 1. The van der Waals surface area contributed by atoms with E-state index in [1.165, 1.54) is 61.2 Å². The third-order valence-electron chi connectivity index (χ3n) is 8.00. The Labute approximate surface area is 241 Å². The first kappa shape index (κ1) is 28.4. The standard InChI is InChI=1S/C33H38N4O4/c1-5-27(29-12-9-13-30(35-29)37-32(40-4)28(19-34-37)33(38)39)31(22(2)3)41-21-23-14-15-25-20-36(17-16-24(25)18-23)26-10-7-6-8-11-26/h5,9,12-15,18-19,26H,1-2,6-8,10-11,16-17,20-21H2,3-4H3,(H,38,39)/b31-27-. The number of aromatic nitrogens is 3. The van der Waals surface area contributed by atoms with Gasteiger partial charge in [0.05, 0.1) is 19.0 Å². The summed E-state index contributed by atoms with van der Waals surface area (Å²) in [5.41, 5.74) is 5.93. The Balaban J connectivity index is 1.36. The summed E-state index contributed by atoms with van der Waals surface area (Å²) in [4.78, 5) is 19.0. The smallest absolute Gasteiger partial charge is 0.342 e. The molecule has 1 saturated carbocycles. The molecule has 0 atom stereocenters. The Morgan fingerprint density at radius 2 is 1.98 bits per heavy atom. The summed E-state index contributed by atoms with van der Waals surface area (Å²) in [5, 5.41) is 13.6. The minimum absolute atomic E-state index is 0.0445. The number of hydrogen-bond donors (Lipinski definition) is 1. The summed E-state index contributed by atoms with van der Waals surface area (Å²) in [6.45, 7) is 12.6. The van der Waals surface area contributed by atoms with Gasteiger partial charge >= 0.3 is 5.97 Å². The maximum absolute atomic E-state index is 11.6. The molecule has 1 N–H and O–H groups in total. The Morgan fingerprint density at radius 3 is 2.68 bits per heavy atom. The summed E-state index contributed by atoms with van der Waals surface area (Å²) in [6, 6.07) is 12.8. The largest absolute Gasteiger partial charge is 0.488 e. The van der Waals surface area contributed by atoms with E-state index in [2.05, 4.69) is 41.4 Å². The molecule has 0 spiro atoms. The van der Waals surface area contributed by atoms with Crippen molar-refractivity contribution in [3.63, 3.8) is 0 Å². The third kappa shape index (κ3) is 6.12. The van der Waals surface area contributed by atoms with E-state index in [0.717, 1.165) is 36.7 Å². The number of nitrogens with zero attached hydrogens (tertiary/aromatic N) is 4. The zero-order valence-electron chi connectivity index (χ0n) is 23.9. The molecule has 3 heterocycles. The number of pyridine rings is 1. The fourth-order valence-electron chi connectivity index (χ4n) is 5.91. The zero-order chi connectivity index (χ0) is 28.9. The molecule has 1 fully saturated rings. The summed E-state index contributed by atoms with van der Waals surface area (Å²) in [5.74, 6) is -0.0247. The highest BCUT2D eigenvalue weighted by Gasteiger charge is 2.25. The summed E-state index contributed by atoms with van der Waals surface area (Å²) >= 11 is 0. The molecule has 8 nitrogen and oxygen atoms in total. The van der Waals surface area contributed by atoms with Crippen LogP contribution in [0.4, 0.5) is 0 Å². The van der Waals surface area contributed by atoms with E-state index in [9.17, 15) is 9.90 Å². The predicted molar refractivity (Wildman–Crippen MR) is 159 cm³/mol. The number of allylic oxidation sites excluding steroid dienone is 3. The van der Waals surface area contributed by atoms with Gasteiger partial charge in [0.2, 0.25) is 5.88 Å². The van der Waals surface area contributed by atoms with E-state index in [1.807, 2.05) is 19.1 Å². The van der Waals surface area contributed by atoms with Gasteiger partial charge in [-0.2, -0.15) is 9.78 Å². The van der Waals surface area contributed by atoms with Crippen LogP contribution in [0, 0.1) is 0 Å². The summed E-state index contributed by atoms with van der Waals surface area (Å²) < 4.78 is 13.0. The molecule has 2 aliphatic rings. The van der Waals surface area contributed by atoms with Crippen LogP contribution >= 0.6 is 0 Å². The van der Waals surface area contributed by atoms with Crippen molar-refractivity contribution >= 4 is 11.5 Å². The molecular weight excluding hydrogens is 516 g/mol. The van der Waals surface area contributed by atoms with Gasteiger partial charge in [-0.1, -0.05) is 62.8 Å². The van der Waals surface area contributed by atoms with Gasteiger partial charge < -0.3 is 14.6 Å². The van der Waals surface area contributed by atoms with Crippen molar-refractivity contribution in [2.24, 2.45) is 0 Å². The number of hydrogen-bond acceptors (Lipinski definition) is 6. The van der Waals surface area contributed by atoms with E-state index in [1.54, 1.807) is 12.1 Å². The van der Waals surface area contributed by atoms with Crippen molar-refractivity contribution < 1.29 is 19.4 Å². The van der Waals surface area contributed by atoms with Crippen molar-refractivity contribution in [3.05, 3.63) is 101 Å². The van der Waals surface area contributed by atoms with Crippen molar-refractivity contribution in [2.45, 2.75) is 64.6 Å². The molecule has 0 unspecified atom stereocenters. The number of carbonyl (C=O) groups is 1. The third-order valence-corrected chi connectivity index (χ3v) is 8.00. The van der Waals surface area contributed by atoms with Crippen molar-refractivity contribution in [2.75, 3.05) is 13.7 Å². The van der Waals surface area contributed by atoms with Crippen LogP contribution in [0.1, 0.15) is 71.8 Å². The molecular formula is C33H38N4O4. The molecule has 0 saturated heterocycles. The summed E-state index contributed by atoms with van der Waals surface area (Å²) in [6.07, 6.45) is 10.8. The first-order valence-corrected chi connectivity index (χ1v) is 14.2. The normalized spacial score (nSPS) is 16.4. The van der Waals surface area contributed by atoms with Gasteiger partial charge in [-0.25, -0.2) is 9.78 Å². The Bertz CT molecular complexity index is 1480. The predicted octanol–water partition coefficient (Wildman–Crippen LogP) is 6.35. The minimum Gasteiger partial charge on any atom is -0.488 e. The topological polar surface area (TPSA) is 89.7 Å². The number of rotatable bonds is 10. The first-order valence-electron chi connectivity index (χ1n) is 14.2. The Kier molecular flexibility index (Phi) is 8.69. The monoisotopic (exact) mass is 554 g/mol. The first-order chi connectivity index (χ1) is 19.9. The molecule has 5 rings (SSSR count). The van der Waals surface area contributed by atoms with Crippen LogP contribution in [-0.4, -0.2) is 50.4 Å². The van der Waals surface area contributed by atoms with Crippen LogP contribution in [-0.2, 0) is 24.3 Å². The van der Waals surface area contributed by atoms with Crippen molar-refractivity contribution in [1.82, 2.24) is 19.7 Å². The molecule has 8 heteroatoms. The fraction of sp³-hybridized carbons (Fsp3) is 0.364. The molecule has 41 heavy (non-hydrogen) atoms. The molecule has 0 bridgehead atoms. The average molecular weight is 555 g/mol. The van der Waals surface area contributed by atoms with Gasteiger partial charge in [-0.3, -0.25) is 4.90 Å². The molecule has 0 amide bonds. The Morgan fingerprint density at radius 1 is 1.17 bits per heavy atom. The van der Waals surface area contributed by atoms with Gasteiger partial charge in [0, 0.05) is 24.7 Å². The van der Waals surface area contributed by atoms with Gasteiger partial charge in [-0.05, 0) is 60.6 Å². The van der Waals surface area contributed by atoms with Crippen LogP contribution in [0.2, 0.25) is 0 Å². The van der Waals surface area contributed by atoms with E-state index in [4.69, 9.17) is 14.5 Å². The lowest BCUT2D eigenvalue weighted by Crippen LogP contribution is -2.40. The van der Waals surface area contributed by atoms with Crippen LogP contribution < -0.4 is 4.74 Å². The fourth-order valence-corrected chi connectivity index (χ4v) is 5.91. The van der Waals surface area contributed by atoms with E-state index < -0.39 is 5.97 Å². The lowest BCUT2D eigenvalue weighted by molar-refractivity contribution is 0.0693. The second-order valence-corrected chi connectivity index (χ2v) is 10.8. The highest BCUT2D eigenvalue weighted by Crippen LogP contribution is 2.30. The number of methoxy groups -OCH3 is 1. The van der Waals surface area contributed by atoms with Crippen molar-refractivity contribution in [3.8, 4) is 11.7 Å². The Hall–Kier alpha value is -4.17. The number of carboxylic acid groups (broad SMARTS) is 1. The highest BCUT2D eigenvalue weighted by atomic mass is 16.5. The van der Waals surface area contributed by atoms with Crippen molar-refractivity contribution in [1.29, 1.82) is 0 Å². The van der Waals surface area contributed by atoms with E-state index in [0.29, 0.717) is 29.5 Å². The number of aromatic carboxylic acids is 1. The zero-order valence-corrected chi connectivity index (χ0v) is 23.9. The number of benzene rings is 1. The minimum atomic E-state index is -1.13. The van der Waals surface area contributed by atoms with E-state index >= 15 is 0 Å². The van der Waals surface area contributed by atoms with Gasteiger partial charge in [0.25, 0.3) is 0 Å². The second kappa shape index (κ2) is 12.6. The van der Waals surface area contributed by atoms with Crippen LogP contribution in [0.15, 0.2) is 73.2 Å². The molecule has 1 aromatic carbocycles. The van der Waals surface area contributed by atoms with Gasteiger partial charge in [0.15, 0.2) is 5.82 Å². The average Bonchev–Trinajstić information content (AvgIpc) is 3.44. The maximum Gasteiger partial charge on any atom is 0.342 e. The van der Waals surface area contributed by atoms with Gasteiger partial charge in [0.1, 0.15) is 17.9 Å². The van der Waals surface area contributed by atoms with Crippen LogP contribution in [0.25, 0.3) is 11.4 Å². The quantitative estimate of drug-likeness (QED) is 0.231. The highest BCUT2D eigenvalue weighted by molar-refractivity contribution is 5.90. The summed E-state index contributed by atoms with van der Waals surface area (Å²) in [7, 11) is 1.40. The van der Waals surface area contributed by atoms with Crippen LogP contribution in [0.5, 0.6) is 5.88 Å². The molecule has 3 aromatic rings. The van der Waals surface area contributed by atoms with Crippen LogP contribution in [0.3, 0.4) is 0 Å². The molecule has 2 aromatic heterocycles. The molecule has 0 radical (unpaired) electrons. The molecule has 214 valence electrons. The maximum atomic E-state index is 11.6. The van der Waals surface area contributed by atoms with E-state index in [-0.39, 0.29) is 11.4 Å². The lowest BCUT2D eigenvalue weighted by Gasteiger charge is -2.37. The second-order valence-electron chi connectivity index (χ2n) is 10.8. The number of carboxylic acids is 1. The SMILES string of the molecule is C=C/C(=C(/OCc1ccc2c(c1)CCN(C1CCCCC1)C2)C(=C)C)c1cccc(-n2ncc(C(=O)O)c2OC)n1.